The highest BCUT2D eigenvalue weighted by molar-refractivity contribution is 9.10. The lowest BCUT2D eigenvalue weighted by molar-refractivity contribution is -0.142. The second kappa shape index (κ2) is 8.50. The van der Waals surface area contributed by atoms with Crippen LogP contribution in [0.25, 0.3) is 0 Å². The van der Waals surface area contributed by atoms with Crippen molar-refractivity contribution in [2.24, 2.45) is 0 Å². The van der Waals surface area contributed by atoms with Crippen LogP contribution in [0, 0.1) is 0 Å². The summed E-state index contributed by atoms with van der Waals surface area (Å²) < 4.78 is 11.7. The molecule has 0 radical (unpaired) electrons. The van der Waals surface area contributed by atoms with Crippen LogP contribution in [-0.4, -0.2) is 42.8 Å². The van der Waals surface area contributed by atoms with Gasteiger partial charge in [-0.15, -0.1) is 0 Å². The molecule has 27 heavy (non-hydrogen) atoms. The fraction of sp³-hybridized carbons (Fsp3) is 0.350. The van der Waals surface area contributed by atoms with E-state index in [1.165, 1.54) is 0 Å². The van der Waals surface area contributed by atoms with E-state index in [1.807, 2.05) is 41.3 Å². The third kappa shape index (κ3) is 4.08. The fourth-order valence-corrected chi connectivity index (χ4v) is 4.41. The van der Waals surface area contributed by atoms with Gasteiger partial charge in [-0.2, -0.15) is 0 Å². The molecule has 2 aromatic rings. The summed E-state index contributed by atoms with van der Waals surface area (Å²) in [6.45, 7) is 0.689. The second-order valence-electron chi connectivity index (χ2n) is 6.42. The Morgan fingerprint density at radius 2 is 1.96 bits per heavy atom. The zero-order chi connectivity index (χ0) is 19.6. The number of hydrogen-bond acceptors (Lipinski definition) is 4. The van der Waals surface area contributed by atoms with Crippen LogP contribution >= 0.6 is 27.5 Å². The minimum Gasteiger partial charge on any atom is -0.493 e. The maximum atomic E-state index is 11.8. The molecule has 0 bridgehead atoms. The lowest BCUT2D eigenvalue weighted by Gasteiger charge is -2.33. The van der Waals surface area contributed by atoms with Gasteiger partial charge in [-0.05, 0) is 48.2 Å². The summed E-state index contributed by atoms with van der Waals surface area (Å²) in [6.07, 6.45) is 1.45. The highest BCUT2D eigenvalue weighted by atomic mass is 79.9. The second-order valence-corrected chi connectivity index (χ2v) is 7.71. The quantitative estimate of drug-likeness (QED) is 0.682. The van der Waals surface area contributed by atoms with Crippen molar-refractivity contribution in [3.63, 3.8) is 0 Å². The Kier molecular flexibility index (Phi) is 6.29. The zero-order valence-corrected chi connectivity index (χ0v) is 17.5. The number of methoxy groups -OCH3 is 2. The monoisotopic (exact) mass is 453 g/mol. The van der Waals surface area contributed by atoms with Crippen molar-refractivity contribution < 1.29 is 19.4 Å². The Morgan fingerprint density at radius 3 is 2.59 bits per heavy atom. The van der Waals surface area contributed by atoms with Gasteiger partial charge in [0.1, 0.15) is 6.04 Å². The minimum absolute atomic E-state index is 0.276. The van der Waals surface area contributed by atoms with Gasteiger partial charge in [-0.3, -0.25) is 9.69 Å². The van der Waals surface area contributed by atoms with Gasteiger partial charge in [0.25, 0.3) is 0 Å². The maximum absolute atomic E-state index is 11.8. The van der Waals surface area contributed by atoms with E-state index >= 15 is 0 Å². The van der Waals surface area contributed by atoms with E-state index in [0.29, 0.717) is 29.5 Å². The molecule has 1 fully saturated rings. The lowest BCUT2D eigenvalue weighted by Crippen LogP contribution is -2.39. The molecule has 0 aliphatic carbocycles. The Bertz CT molecular complexity index is 845. The normalized spacial score (nSPS) is 18.3. The average molecular weight is 455 g/mol. The number of rotatable bonds is 6. The van der Waals surface area contributed by atoms with Gasteiger partial charge in [0, 0.05) is 16.0 Å². The highest BCUT2D eigenvalue weighted by Gasteiger charge is 2.38. The number of carboxylic acid groups (broad SMARTS) is 1. The Hall–Kier alpha value is -1.76. The molecule has 1 heterocycles. The third-order valence-electron chi connectivity index (χ3n) is 4.87. The molecule has 3 rings (SSSR count). The molecule has 0 saturated carbocycles. The highest BCUT2D eigenvalue weighted by Crippen LogP contribution is 2.43. The van der Waals surface area contributed by atoms with E-state index in [4.69, 9.17) is 21.1 Å². The van der Waals surface area contributed by atoms with E-state index in [-0.39, 0.29) is 6.04 Å². The fourth-order valence-electron chi connectivity index (χ4n) is 3.67. The Morgan fingerprint density at radius 1 is 1.26 bits per heavy atom. The van der Waals surface area contributed by atoms with Crippen LogP contribution < -0.4 is 9.47 Å². The van der Waals surface area contributed by atoms with Gasteiger partial charge < -0.3 is 14.6 Å². The minimum atomic E-state index is -0.809. The molecule has 1 N–H and O–H groups in total. The maximum Gasteiger partial charge on any atom is 0.320 e. The summed E-state index contributed by atoms with van der Waals surface area (Å²) >= 11 is 9.87. The largest absolute Gasteiger partial charge is 0.493 e. The number of nitrogens with zero attached hydrogens (tertiary/aromatic N) is 1. The van der Waals surface area contributed by atoms with Crippen molar-refractivity contribution >= 4 is 33.5 Å². The number of carboxylic acids is 1. The topological polar surface area (TPSA) is 59.0 Å². The molecule has 2 unspecified atom stereocenters. The molecule has 2 atom stereocenters. The van der Waals surface area contributed by atoms with Crippen LogP contribution in [0.3, 0.4) is 0 Å². The number of carbonyl (C=O) groups is 1. The summed E-state index contributed by atoms with van der Waals surface area (Å²) in [5.74, 6) is 0.388. The van der Waals surface area contributed by atoms with E-state index in [0.717, 1.165) is 22.0 Å². The van der Waals surface area contributed by atoms with Crippen molar-refractivity contribution in [2.45, 2.75) is 24.9 Å². The van der Waals surface area contributed by atoms with Crippen LogP contribution in [0.4, 0.5) is 0 Å². The van der Waals surface area contributed by atoms with E-state index in [1.54, 1.807) is 14.2 Å². The smallest absolute Gasteiger partial charge is 0.320 e. The molecule has 0 amide bonds. The van der Waals surface area contributed by atoms with Crippen LogP contribution in [0.1, 0.15) is 30.0 Å². The third-order valence-corrected chi connectivity index (χ3v) is 5.79. The Balaban J connectivity index is 2.17. The van der Waals surface area contributed by atoms with E-state index in [9.17, 15) is 9.90 Å². The molecule has 1 saturated heterocycles. The van der Waals surface area contributed by atoms with Gasteiger partial charge in [0.15, 0.2) is 11.5 Å². The summed E-state index contributed by atoms with van der Waals surface area (Å²) in [6, 6.07) is 10.5. The average Bonchev–Trinajstić information content (AvgIpc) is 3.12. The van der Waals surface area contributed by atoms with Gasteiger partial charge in [0.05, 0.1) is 20.3 Å². The predicted octanol–water partition coefficient (Wildman–Crippen LogP) is 4.76. The number of benzene rings is 2. The molecule has 144 valence electrons. The molecular weight excluding hydrogens is 434 g/mol. The summed E-state index contributed by atoms with van der Waals surface area (Å²) in [5.41, 5.74) is 1.84. The molecule has 0 aromatic heterocycles. The first-order chi connectivity index (χ1) is 13.0. The van der Waals surface area contributed by atoms with Crippen molar-refractivity contribution in [2.75, 3.05) is 20.8 Å². The molecular formula is C20H21BrClNO4. The summed E-state index contributed by atoms with van der Waals surface area (Å²) in [5, 5.41) is 10.3. The first kappa shape index (κ1) is 20.0. The molecule has 2 aromatic carbocycles. The number of likely N-dealkylation sites (tertiary alicyclic amines) is 1. The molecule has 1 aliphatic rings. The van der Waals surface area contributed by atoms with Gasteiger partial charge in [-0.25, -0.2) is 0 Å². The number of aliphatic carboxylic acids is 1. The number of ether oxygens (including phenoxy) is 2. The van der Waals surface area contributed by atoms with Gasteiger partial charge in [-0.1, -0.05) is 39.7 Å². The Labute approximate surface area is 172 Å². The van der Waals surface area contributed by atoms with Crippen molar-refractivity contribution in [3.05, 3.63) is 57.0 Å². The first-order valence-electron chi connectivity index (χ1n) is 8.61. The van der Waals surface area contributed by atoms with E-state index in [2.05, 4.69) is 15.9 Å². The van der Waals surface area contributed by atoms with Crippen LogP contribution in [0.15, 0.2) is 40.9 Å². The lowest BCUT2D eigenvalue weighted by atomic mass is 9.95. The molecule has 1 aliphatic heterocycles. The first-order valence-corrected chi connectivity index (χ1v) is 9.78. The van der Waals surface area contributed by atoms with E-state index < -0.39 is 12.0 Å². The van der Waals surface area contributed by atoms with Crippen molar-refractivity contribution in [3.8, 4) is 11.5 Å². The van der Waals surface area contributed by atoms with Crippen LogP contribution in [0.2, 0.25) is 5.02 Å². The zero-order valence-electron chi connectivity index (χ0n) is 15.1. The van der Waals surface area contributed by atoms with Crippen molar-refractivity contribution in [1.82, 2.24) is 4.90 Å². The van der Waals surface area contributed by atoms with Crippen LogP contribution in [-0.2, 0) is 4.79 Å². The molecule has 0 spiro atoms. The van der Waals surface area contributed by atoms with Gasteiger partial charge >= 0.3 is 5.97 Å². The molecule has 7 heteroatoms. The summed E-state index contributed by atoms with van der Waals surface area (Å²) in [4.78, 5) is 13.8. The SMILES string of the molecule is COc1cc(Br)c(C(c2cccc(Cl)c2)N2CCCC2C(=O)O)cc1OC. The predicted molar refractivity (Wildman–Crippen MR) is 108 cm³/mol. The van der Waals surface area contributed by atoms with Crippen molar-refractivity contribution in [1.29, 1.82) is 0 Å². The standard InChI is InChI=1S/C20H21BrClNO4/c1-26-17-10-14(15(21)11-18(17)27-2)19(12-5-3-6-13(22)9-12)23-8-4-7-16(23)20(24)25/h3,5-6,9-11,16,19H,4,7-8H2,1-2H3,(H,24,25). The number of halogens is 2. The number of hydrogen-bond donors (Lipinski definition) is 1. The summed E-state index contributed by atoms with van der Waals surface area (Å²) in [7, 11) is 3.17. The van der Waals surface area contributed by atoms with Gasteiger partial charge in [0.2, 0.25) is 0 Å². The van der Waals surface area contributed by atoms with Crippen LogP contribution in [0.5, 0.6) is 11.5 Å². The molecule has 5 nitrogen and oxygen atoms in total.